The monoisotopic (exact) mass is 339 g/mol. The van der Waals surface area contributed by atoms with Crippen LogP contribution in [0, 0.1) is 5.41 Å². The van der Waals surface area contributed by atoms with E-state index in [4.69, 9.17) is 4.74 Å². The molecule has 1 aromatic carbocycles. The number of rotatable bonds is 5. The summed E-state index contributed by atoms with van der Waals surface area (Å²) in [6.45, 7) is 4.24. The predicted molar refractivity (Wildman–Crippen MR) is 83.4 cm³/mol. The second-order valence-electron chi connectivity index (χ2n) is 5.51. The van der Waals surface area contributed by atoms with E-state index in [-0.39, 0.29) is 11.4 Å². The van der Waals surface area contributed by atoms with Crippen LogP contribution in [0.1, 0.15) is 38.2 Å². The molecule has 0 spiro atoms. The van der Waals surface area contributed by atoms with E-state index in [0.717, 1.165) is 48.8 Å². The SMILES string of the molecule is CCCC1(C(=O)OCc2ccc(Br)cc2)CCCNC1. The lowest BCUT2D eigenvalue weighted by Crippen LogP contribution is -2.46. The van der Waals surface area contributed by atoms with Crippen molar-refractivity contribution in [3.63, 3.8) is 0 Å². The van der Waals surface area contributed by atoms with E-state index in [1.807, 2.05) is 24.3 Å². The summed E-state index contributed by atoms with van der Waals surface area (Å²) in [6, 6.07) is 7.88. The van der Waals surface area contributed by atoms with Crippen molar-refractivity contribution in [1.29, 1.82) is 0 Å². The number of esters is 1. The third-order valence-corrected chi connectivity index (χ3v) is 4.45. The van der Waals surface area contributed by atoms with Crippen molar-refractivity contribution in [1.82, 2.24) is 5.32 Å². The standard InChI is InChI=1S/C16H22BrNO2/c1-2-8-16(9-3-10-18-12-16)15(19)20-11-13-4-6-14(17)7-5-13/h4-7,18H,2-3,8-12H2,1H3. The molecule has 1 unspecified atom stereocenters. The first-order valence-corrected chi connectivity index (χ1v) is 8.08. The highest BCUT2D eigenvalue weighted by Gasteiger charge is 2.40. The van der Waals surface area contributed by atoms with Gasteiger partial charge in [-0.05, 0) is 43.5 Å². The van der Waals surface area contributed by atoms with Gasteiger partial charge in [0.05, 0.1) is 5.41 Å². The van der Waals surface area contributed by atoms with E-state index in [9.17, 15) is 4.79 Å². The van der Waals surface area contributed by atoms with Crippen molar-refractivity contribution >= 4 is 21.9 Å². The lowest BCUT2D eigenvalue weighted by molar-refractivity contribution is -0.159. The summed E-state index contributed by atoms with van der Waals surface area (Å²) >= 11 is 3.40. The molecule has 0 saturated carbocycles. The smallest absolute Gasteiger partial charge is 0.313 e. The van der Waals surface area contributed by atoms with E-state index < -0.39 is 0 Å². The lowest BCUT2D eigenvalue weighted by atomic mass is 9.77. The minimum atomic E-state index is -0.317. The van der Waals surface area contributed by atoms with Gasteiger partial charge in [0.15, 0.2) is 0 Å². The third kappa shape index (κ3) is 3.83. The van der Waals surface area contributed by atoms with Crippen LogP contribution in [0.4, 0.5) is 0 Å². The number of hydrogen-bond acceptors (Lipinski definition) is 3. The van der Waals surface area contributed by atoms with Crippen LogP contribution in [0.2, 0.25) is 0 Å². The molecule has 110 valence electrons. The summed E-state index contributed by atoms with van der Waals surface area (Å²) in [5, 5.41) is 3.34. The number of piperidine rings is 1. The fourth-order valence-electron chi connectivity index (χ4n) is 2.82. The summed E-state index contributed by atoms with van der Waals surface area (Å²) < 4.78 is 6.60. The number of hydrogen-bond donors (Lipinski definition) is 1. The molecule has 3 nitrogen and oxygen atoms in total. The lowest BCUT2D eigenvalue weighted by Gasteiger charge is -2.35. The topological polar surface area (TPSA) is 38.3 Å². The van der Waals surface area contributed by atoms with Crippen molar-refractivity contribution in [2.45, 2.75) is 39.2 Å². The zero-order chi connectivity index (χ0) is 14.4. The first-order chi connectivity index (χ1) is 9.66. The van der Waals surface area contributed by atoms with Gasteiger partial charge < -0.3 is 10.1 Å². The fraction of sp³-hybridized carbons (Fsp3) is 0.562. The summed E-state index contributed by atoms with van der Waals surface area (Å²) in [6.07, 6.45) is 3.90. The Labute approximate surface area is 129 Å². The number of nitrogens with one attached hydrogen (secondary N) is 1. The molecule has 0 radical (unpaired) electrons. The van der Waals surface area contributed by atoms with Gasteiger partial charge in [0.25, 0.3) is 0 Å². The largest absolute Gasteiger partial charge is 0.460 e. The van der Waals surface area contributed by atoms with Crippen molar-refractivity contribution < 1.29 is 9.53 Å². The van der Waals surface area contributed by atoms with Crippen molar-refractivity contribution in [3.05, 3.63) is 34.3 Å². The Morgan fingerprint density at radius 2 is 2.15 bits per heavy atom. The molecule has 1 saturated heterocycles. The zero-order valence-corrected chi connectivity index (χ0v) is 13.5. The van der Waals surface area contributed by atoms with Crippen LogP contribution in [0.5, 0.6) is 0 Å². The van der Waals surface area contributed by atoms with Crippen LogP contribution < -0.4 is 5.32 Å². The van der Waals surface area contributed by atoms with Gasteiger partial charge >= 0.3 is 5.97 Å². The van der Waals surface area contributed by atoms with Gasteiger partial charge in [-0.2, -0.15) is 0 Å². The molecule has 0 bridgehead atoms. The first-order valence-electron chi connectivity index (χ1n) is 7.29. The Hall–Kier alpha value is -0.870. The Kier molecular flexibility index (Phi) is 5.61. The molecule has 1 N–H and O–H groups in total. The van der Waals surface area contributed by atoms with Gasteiger partial charge in [0.2, 0.25) is 0 Å². The highest BCUT2D eigenvalue weighted by molar-refractivity contribution is 9.10. The Balaban J connectivity index is 1.96. The molecule has 0 amide bonds. The minimum Gasteiger partial charge on any atom is -0.460 e. The fourth-order valence-corrected chi connectivity index (χ4v) is 3.08. The summed E-state index contributed by atoms with van der Waals surface area (Å²) in [4.78, 5) is 12.5. The number of carbonyl (C=O) groups excluding carboxylic acids is 1. The van der Waals surface area contributed by atoms with Gasteiger partial charge in [-0.1, -0.05) is 41.4 Å². The number of carbonyl (C=O) groups is 1. The van der Waals surface area contributed by atoms with Gasteiger partial charge in [0, 0.05) is 11.0 Å². The predicted octanol–water partition coefficient (Wildman–Crippen LogP) is 3.66. The molecule has 1 aliphatic rings. The molecule has 1 aromatic rings. The van der Waals surface area contributed by atoms with Crippen LogP contribution in [-0.4, -0.2) is 19.1 Å². The summed E-state index contributed by atoms with van der Waals surface area (Å²) in [5.74, 6) is -0.0468. The van der Waals surface area contributed by atoms with E-state index in [1.165, 1.54) is 0 Å². The van der Waals surface area contributed by atoms with Gasteiger partial charge in [0.1, 0.15) is 6.61 Å². The normalized spacial score (nSPS) is 22.5. The van der Waals surface area contributed by atoms with Gasteiger partial charge in [-0.15, -0.1) is 0 Å². The molecule has 1 heterocycles. The Morgan fingerprint density at radius 1 is 1.40 bits per heavy atom. The van der Waals surface area contributed by atoms with Crippen LogP contribution in [0.3, 0.4) is 0 Å². The van der Waals surface area contributed by atoms with Crippen molar-refractivity contribution in [3.8, 4) is 0 Å². The van der Waals surface area contributed by atoms with Crippen LogP contribution >= 0.6 is 15.9 Å². The van der Waals surface area contributed by atoms with Crippen molar-refractivity contribution in [2.24, 2.45) is 5.41 Å². The molecule has 0 aromatic heterocycles. The van der Waals surface area contributed by atoms with E-state index in [1.54, 1.807) is 0 Å². The number of halogens is 1. The third-order valence-electron chi connectivity index (χ3n) is 3.92. The highest BCUT2D eigenvalue weighted by atomic mass is 79.9. The first kappa shape index (κ1) is 15.5. The molecule has 20 heavy (non-hydrogen) atoms. The number of ether oxygens (including phenoxy) is 1. The average Bonchev–Trinajstić information content (AvgIpc) is 2.47. The van der Waals surface area contributed by atoms with Crippen LogP contribution in [0.25, 0.3) is 0 Å². The van der Waals surface area contributed by atoms with E-state index in [0.29, 0.717) is 6.61 Å². The molecule has 1 atom stereocenters. The summed E-state index contributed by atoms with van der Waals surface area (Å²) in [5.41, 5.74) is 0.708. The molecule has 2 rings (SSSR count). The highest BCUT2D eigenvalue weighted by Crippen LogP contribution is 2.33. The molecular formula is C16H22BrNO2. The maximum Gasteiger partial charge on any atom is 0.313 e. The average molecular weight is 340 g/mol. The maximum absolute atomic E-state index is 12.5. The molecule has 1 aliphatic heterocycles. The molecule has 4 heteroatoms. The minimum absolute atomic E-state index is 0.0468. The van der Waals surface area contributed by atoms with E-state index in [2.05, 4.69) is 28.2 Å². The maximum atomic E-state index is 12.5. The molecule has 1 fully saturated rings. The second-order valence-corrected chi connectivity index (χ2v) is 6.43. The van der Waals surface area contributed by atoms with Gasteiger partial charge in [-0.25, -0.2) is 0 Å². The van der Waals surface area contributed by atoms with Crippen LogP contribution in [-0.2, 0) is 16.1 Å². The Morgan fingerprint density at radius 3 is 2.75 bits per heavy atom. The molecule has 0 aliphatic carbocycles. The molecular weight excluding hydrogens is 318 g/mol. The van der Waals surface area contributed by atoms with E-state index >= 15 is 0 Å². The number of benzene rings is 1. The van der Waals surface area contributed by atoms with Gasteiger partial charge in [-0.3, -0.25) is 4.79 Å². The quantitative estimate of drug-likeness (QED) is 0.832. The zero-order valence-electron chi connectivity index (χ0n) is 12.0. The Bertz CT molecular complexity index is 433. The van der Waals surface area contributed by atoms with Crippen molar-refractivity contribution in [2.75, 3.05) is 13.1 Å². The summed E-state index contributed by atoms with van der Waals surface area (Å²) in [7, 11) is 0. The van der Waals surface area contributed by atoms with Crippen LogP contribution in [0.15, 0.2) is 28.7 Å². The second kappa shape index (κ2) is 7.23.